The summed E-state index contributed by atoms with van der Waals surface area (Å²) in [6.45, 7) is 5.81. The highest BCUT2D eigenvalue weighted by Gasteiger charge is 2.19. The van der Waals surface area contributed by atoms with Crippen LogP contribution in [0.1, 0.15) is 49.2 Å². The molecule has 20 heavy (non-hydrogen) atoms. The lowest BCUT2D eigenvalue weighted by Gasteiger charge is -2.25. The van der Waals surface area contributed by atoms with Gasteiger partial charge in [-0.25, -0.2) is 4.98 Å². The second kappa shape index (κ2) is 6.92. The minimum absolute atomic E-state index is 0.100. The minimum atomic E-state index is -0.100. The van der Waals surface area contributed by atoms with Crippen LogP contribution in [-0.2, 0) is 0 Å². The van der Waals surface area contributed by atoms with E-state index in [4.69, 9.17) is 5.73 Å². The van der Waals surface area contributed by atoms with Gasteiger partial charge in [-0.3, -0.25) is 4.79 Å². The Balaban J connectivity index is 1.81. The molecule has 1 heterocycles. The number of nitrogens with zero attached hydrogens (tertiary/aromatic N) is 1. The number of nitrogens with two attached hydrogens (primary N) is 1. The van der Waals surface area contributed by atoms with Crippen molar-refractivity contribution in [3.63, 3.8) is 0 Å². The molecule has 0 aromatic carbocycles. The molecule has 0 spiro atoms. The Kier molecular flexibility index (Phi) is 5.23. The minimum Gasteiger partial charge on any atom is -0.382 e. The van der Waals surface area contributed by atoms with E-state index in [1.54, 1.807) is 0 Å². The average Bonchev–Trinajstić information content (AvgIpc) is 2.71. The monoisotopic (exact) mass is 296 g/mol. The van der Waals surface area contributed by atoms with Crippen LogP contribution in [0.25, 0.3) is 0 Å². The van der Waals surface area contributed by atoms with E-state index in [1.807, 2.05) is 0 Å². The van der Waals surface area contributed by atoms with Gasteiger partial charge in [-0.1, -0.05) is 44.4 Å². The molecule has 0 atom stereocenters. The number of carbonyl (C=O) groups excluding carboxylic acids is 1. The predicted molar refractivity (Wildman–Crippen MR) is 84.1 cm³/mol. The summed E-state index contributed by atoms with van der Waals surface area (Å²) in [5.74, 6) is 1.55. The van der Waals surface area contributed by atoms with Crippen LogP contribution in [0.4, 0.5) is 10.9 Å². The highest BCUT2D eigenvalue weighted by atomic mass is 32.1. The Morgan fingerprint density at radius 1 is 1.50 bits per heavy atom. The Morgan fingerprint density at radius 3 is 2.85 bits per heavy atom. The van der Waals surface area contributed by atoms with Gasteiger partial charge in [0, 0.05) is 13.1 Å². The first-order chi connectivity index (χ1) is 9.56. The van der Waals surface area contributed by atoms with Crippen molar-refractivity contribution in [1.29, 1.82) is 0 Å². The third-order valence-electron chi connectivity index (χ3n) is 3.58. The Morgan fingerprint density at radius 2 is 2.25 bits per heavy atom. The number of nitrogen functional groups attached to an aromatic ring is 1. The molecule has 4 N–H and O–H groups in total. The molecule has 0 aliphatic heterocycles. The molecule has 1 amide bonds. The van der Waals surface area contributed by atoms with Crippen molar-refractivity contribution >= 4 is 28.2 Å². The van der Waals surface area contributed by atoms with E-state index in [1.165, 1.54) is 30.6 Å². The van der Waals surface area contributed by atoms with Crippen LogP contribution in [0.2, 0.25) is 0 Å². The largest absolute Gasteiger partial charge is 0.382 e. The summed E-state index contributed by atoms with van der Waals surface area (Å²) in [6, 6.07) is 0. The summed E-state index contributed by atoms with van der Waals surface area (Å²) in [5.41, 5.74) is 5.82. The number of amides is 1. The molecule has 1 aromatic rings. The van der Waals surface area contributed by atoms with Crippen LogP contribution in [0, 0.1) is 11.8 Å². The van der Waals surface area contributed by atoms with E-state index in [0.29, 0.717) is 16.6 Å². The normalized spacial score (nSPS) is 15.2. The fraction of sp³-hybridized carbons (Fsp3) is 0.714. The molecule has 0 unspecified atom stereocenters. The maximum Gasteiger partial charge on any atom is 0.265 e. The summed E-state index contributed by atoms with van der Waals surface area (Å²) in [6.07, 6.45) is 5.03. The summed E-state index contributed by atoms with van der Waals surface area (Å²) in [7, 11) is 0. The van der Waals surface area contributed by atoms with Gasteiger partial charge < -0.3 is 16.4 Å². The first-order valence-electron chi connectivity index (χ1n) is 7.34. The van der Waals surface area contributed by atoms with Crippen LogP contribution < -0.4 is 16.4 Å². The van der Waals surface area contributed by atoms with Gasteiger partial charge in [-0.2, -0.15) is 0 Å². The number of aromatic nitrogens is 1. The SMILES string of the molecule is CC(C)CNc1nc(N)c(C(=O)NCCC2CCC2)s1. The van der Waals surface area contributed by atoms with Crippen molar-refractivity contribution in [1.82, 2.24) is 10.3 Å². The number of hydrogen-bond acceptors (Lipinski definition) is 5. The van der Waals surface area contributed by atoms with Crippen molar-refractivity contribution in [2.24, 2.45) is 11.8 Å². The number of thiazole rings is 1. The number of rotatable bonds is 7. The zero-order valence-corrected chi connectivity index (χ0v) is 13.1. The van der Waals surface area contributed by atoms with Gasteiger partial charge in [0.2, 0.25) is 0 Å². The second-order valence-electron chi connectivity index (χ2n) is 5.85. The van der Waals surface area contributed by atoms with Gasteiger partial charge in [0.1, 0.15) is 10.7 Å². The maximum absolute atomic E-state index is 12.1. The molecular formula is C14H24N4OS. The van der Waals surface area contributed by atoms with Gasteiger partial charge in [-0.05, 0) is 18.3 Å². The van der Waals surface area contributed by atoms with Gasteiger partial charge in [0.25, 0.3) is 5.91 Å². The molecule has 1 fully saturated rings. The molecule has 0 saturated heterocycles. The third-order valence-corrected chi connectivity index (χ3v) is 4.61. The van der Waals surface area contributed by atoms with Crippen LogP contribution in [0.3, 0.4) is 0 Å². The Labute approximate surface area is 124 Å². The summed E-state index contributed by atoms with van der Waals surface area (Å²) < 4.78 is 0. The van der Waals surface area contributed by atoms with Crippen LogP contribution in [-0.4, -0.2) is 24.0 Å². The summed E-state index contributed by atoms with van der Waals surface area (Å²) in [5, 5.41) is 6.86. The maximum atomic E-state index is 12.1. The molecule has 0 radical (unpaired) electrons. The fourth-order valence-corrected chi connectivity index (χ4v) is 2.92. The Hall–Kier alpha value is -1.30. The highest BCUT2D eigenvalue weighted by Crippen LogP contribution is 2.29. The van der Waals surface area contributed by atoms with Crippen molar-refractivity contribution in [3.8, 4) is 0 Å². The molecule has 5 nitrogen and oxygen atoms in total. The Bertz CT molecular complexity index is 454. The van der Waals surface area contributed by atoms with Crippen LogP contribution >= 0.6 is 11.3 Å². The number of carbonyl (C=O) groups is 1. The molecule has 1 aliphatic rings. The summed E-state index contributed by atoms with van der Waals surface area (Å²) >= 11 is 1.33. The molecule has 2 rings (SSSR count). The van der Waals surface area contributed by atoms with Crippen molar-refractivity contribution in [3.05, 3.63) is 4.88 Å². The molecular weight excluding hydrogens is 272 g/mol. The lowest BCUT2D eigenvalue weighted by Crippen LogP contribution is -2.27. The zero-order chi connectivity index (χ0) is 14.5. The lowest BCUT2D eigenvalue weighted by molar-refractivity contribution is 0.0953. The molecule has 112 valence electrons. The van der Waals surface area contributed by atoms with E-state index < -0.39 is 0 Å². The van der Waals surface area contributed by atoms with E-state index in [9.17, 15) is 4.79 Å². The first-order valence-corrected chi connectivity index (χ1v) is 8.16. The molecule has 6 heteroatoms. The number of anilines is 2. The van der Waals surface area contributed by atoms with Crippen molar-refractivity contribution in [2.45, 2.75) is 39.5 Å². The highest BCUT2D eigenvalue weighted by molar-refractivity contribution is 7.18. The van der Waals surface area contributed by atoms with E-state index in [0.717, 1.165) is 30.6 Å². The number of hydrogen-bond donors (Lipinski definition) is 3. The van der Waals surface area contributed by atoms with Gasteiger partial charge >= 0.3 is 0 Å². The average molecular weight is 296 g/mol. The van der Waals surface area contributed by atoms with Crippen molar-refractivity contribution in [2.75, 3.05) is 24.1 Å². The van der Waals surface area contributed by atoms with Gasteiger partial charge in [0.05, 0.1) is 0 Å². The molecule has 1 aromatic heterocycles. The second-order valence-corrected chi connectivity index (χ2v) is 6.85. The summed E-state index contributed by atoms with van der Waals surface area (Å²) in [4.78, 5) is 16.8. The fourth-order valence-electron chi connectivity index (χ4n) is 2.11. The lowest BCUT2D eigenvalue weighted by atomic mass is 9.83. The van der Waals surface area contributed by atoms with Crippen molar-refractivity contribution < 1.29 is 4.79 Å². The van der Waals surface area contributed by atoms with Crippen LogP contribution in [0.15, 0.2) is 0 Å². The zero-order valence-electron chi connectivity index (χ0n) is 12.2. The number of nitrogens with one attached hydrogen (secondary N) is 2. The standard InChI is InChI=1S/C14H24N4OS/c1-9(2)8-17-14-18-12(15)11(20-14)13(19)16-7-6-10-4-3-5-10/h9-10H,3-8,15H2,1-2H3,(H,16,19)(H,17,18). The van der Waals surface area contributed by atoms with Crippen LogP contribution in [0.5, 0.6) is 0 Å². The topological polar surface area (TPSA) is 80.0 Å². The predicted octanol–water partition coefficient (Wildman–Crippen LogP) is 2.71. The van der Waals surface area contributed by atoms with E-state index in [2.05, 4.69) is 29.5 Å². The third kappa shape index (κ3) is 4.10. The molecule has 1 saturated carbocycles. The smallest absolute Gasteiger partial charge is 0.265 e. The van der Waals surface area contributed by atoms with E-state index >= 15 is 0 Å². The quantitative estimate of drug-likeness (QED) is 0.722. The molecule has 1 aliphatic carbocycles. The van der Waals surface area contributed by atoms with Gasteiger partial charge in [0.15, 0.2) is 5.13 Å². The van der Waals surface area contributed by atoms with E-state index in [-0.39, 0.29) is 5.91 Å². The van der Waals surface area contributed by atoms with Gasteiger partial charge in [-0.15, -0.1) is 0 Å². The first kappa shape index (κ1) is 15.1. The molecule has 0 bridgehead atoms.